The van der Waals surface area contributed by atoms with E-state index in [1.165, 1.54) is 21.5 Å². The van der Waals surface area contributed by atoms with Crippen LogP contribution in [0.25, 0.3) is 66.4 Å². The summed E-state index contributed by atoms with van der Waals surface area (Å²) in [5, 5.41) is 4.83. The summed E-state index contributed by atoms with van der Waals surface area (Å²) < 4.78 is 4.57. The molecule has 0 bridgehead atoms. The molecule has 0 N–H and O–H groups in total. The van der Waals surface area contributed by atoms with E-state index in [1.807, 2.05) is 6.92 Å². The number of fused-ring (bicyclic) bond motifs is 6. The maximum Gasteiger partial charge on any atom is 0.140 e. The highest BCUT2D eigenvalue weighted by molar-refractivity contribution is 6.10. The molecule has 0 aliphatic heterocycles. The molecule has 0 amide bonds. The van der Waals surface area contributed by atoms with Crippen molar-refractivity contribution >= 4 is 43.6 Å². The van der Waals surface area contributed by atoms with Gasteiger partial charge in [0.15, 0.2) is 0 Å². The highest BCUT2D eigenvalue weighted by Gasteiger charge is 2.19. The fraction of sp³-hybridized carbons (Fsp3) is 0.0833. The van der Waals surface area contributed by atoms with Crippen molar-refractivity contribution in [3.8, 4) is 22.8 Å². The molecule has 0 aliphatic rings. The summed E-state index contributed by atoms with van der Waals surface area (Å²) in [4.78, 5) is 14.9. The number of aryl methyl sites for hydroxylation is 3. The molecule has 4 aromatic carbocycles. The number of pyridine rings is 1. The largest absolute Gasteiger partial charge is 0.294 e. The molecule has 8 aromatic rings. The van der Waals surface area contributed by atoms with Gasteiger partial charge in [-0.3, -0.25) is 9.13 Å². The van der Waals surface area contributed by atoms with Crippen LogP contribution in [0.2, 0.25) is 0 Å². The average molecular weight is 530 g/mol. The molecule has 0 unspecified atom stereocenters. The fourth-order valence-corrected chi connectivity index (χ4v) is 6.52. The first-order chi connectivity index (χ1) is 20.1. The van der Waals surface area contributed by atoms with Gasteiger partial charge in [-0.05, 0) is 62.7 Å². The van der Waals surface area contributed by atoms with Crippen molar-refractivity contribution in [3.05, 3.63) is 126 Å². The van der Waals surface area contributed by atoms with Crippen molar-refractivity contribution in [2.75, 3.05) is 0 Å². The Morgan fingerprint density at radius 1 is 0.439 bits per heavy atom. The van der Waals surface area contributed by atoms with Crippen LogP contribution in [0.4, 0.5) is 0 Å². The van der Waals surface area contributed by atoms with Crippen LogP contribution in [0.3, 0.4) is 0 Å². The zero-order valence-corrected chi connectivity index (χ0v) is 23.1. The van der Waals surface area contributed by atoms with Crippen molar-refractivity contribution in [1.29, 1.82) is 0 Å². The van der Waals surface area contributed by atoms with Crippen molar-refractivity contribution in [2.24, 2.45) is 0 Å². The summed E-state index contributed by atoms with van der Waals surface area (Å²) in [5.74, 6) is 2.50. The summed E-state index contributed by atoms with van der Waals surface area (Å²) in [7, 11) is 0. The van der Waals surface area contributed by atoms with Crippen molar-refractivity contribution in [2.45, 2.75) is 20.8 Å². The SMILES string of the molecule is Cc1nc(C)c(-c2cc(-n3c4ccccc4c4ccccc43)nc(-n3c4ccccc4c4ccccc43)c2)c(C)n1. The quantitative estimate of drug-likeness (QED) is 0.230. The number of aromatic nitrogens is 5. The van der Waals surface area contributed by atoms with E-state index in [1.54, 1.807) is 0 Å². The first-order valence-electron chi connectivity index (χ1n) is 13.9. The zero-order valence-electron chi connectivity index (χ0n) is 23.1. The molecule has 196 valence electrons. The molecular formula is C36H27N5. The monoisotopic (exact) mass is 529 g/mol. The Labute approximate surface area is 237 Å². The topological polar surface area (TPSA) is 48.5 Å². The average Bonchev–Trinajstić information content (AvgIpc) is 3.50. The molecule has 0 atom stereocenters. The normalized spacial score (nSPS) is 11.8. The molecule has 0 spiro atoms. The molecule has 4 aromatic heterocycles. The smallest absolute Gasteiger partial charge is 0.140 e. The molecule has 5 nitrogen and oxygen atoms in total. The lowest BCUT2D eigenvalue weighted by atomic mass is 10.0. The van der Waals surface area contributed by atoms with E-state index in [0.29, 0.717) is 0 Å². The summed E-state index contributed by atoms with van der Waals surface area (Å²) >= 11 is 0. The van der Waals surface area contributed by atoms with Gasteiger partial charge in [0.2, 0.25) is 0 Å². The maximum atomic E-state index is 5.41. The Morgan fingerprint density at radius 3 is 1.15 bits per heavy atom. The fourth-order valence-electron chi connectivity index (χ4n) is 6.52. The molecule has 5 heteroatoms. The van der Waals surface area contributed by atoms with Crippen molar-refractivity contribution in [3.63, 3.8) is 0 Å². The Hall–Kier alpha value is -5.29. The van der Waals surface area contributed by atoms with Gasteiger partial charge >= 0.3 is 0 Å². The minimum Gasteiger partial charge on any atom is -0.294 e. The number of hydrogen-bond donors (Lipinski definition) is 0. The van der Waals surface area contributed by atoms with Crippen LogP contribution >= 0.6 is 0 Å². The van der Waals surface area contributed by atoms with Crippen LogP contribution in [0.1, 0.15) is 17.2 Å². The van der Waals surface area contributed by atoms with E-state index in [-0.39, 0.29) is 0 Å². The number of rotatable bonds is 3. The van der Waals surface area contributed by atoms with Crippen LogP contribution in [0.15, 0.2) is 109 Å². The second-order valence-corrected chi connectivity index (χ2v) is 10.6. The van der Waals surface area contributed by atoms with Crippen LogP contribution in [0.5, 0.6) is 0 Å². The van der Waals surface area contributed by atoms with E-state index >= 15 is 0 Å². The van der Waals surface area contributed by atoms with Crippen LogP contribution in [0, 0.1) is 20.8 Å². The lowest BCUT2D eigenvalue weighted by Crippen LogP contribution is -2.06. The standard InChI is InChI=1S/C36H27N5/c1-22-36(23(2)38-24(3)37-22)25-20-34(40-30-16-8-4-12-26(30)27-13-5-9-17-31(27)40)39-35(21-25)41-32-18-10-6-14-28(32)29-15-7-11-19-33(29)41/h4-21H,1-3H3. The highest BCUT2D eigenvalue weighted by Crippen LogP contribution is 2.37. The second-order valence-electron chi connectivity index (χ2n) is 10.6. The van der Waals surface area contributed by atoms with Gasteiger partial charge in [0.05, 0.1) is 22.1 Å². The van der Waals surface area contributed by atoms with Gasteiger partial charge in [-0.2, -0.15) is 0 Å². The molecular weight excluding hydrogens is 502 g/mol. The summed E-state index contributed by atoms with van der Waals surface area (Å²) in [5.41, 5.74) is 8.51. The molecule has 4 heterocycles. The van der Waals surface area contributed by atoms with Gasteiger partial charge in [-0.25, -0.2) is 15.0 Å². The third kappa shape index (κ3) is 3.52. The zero-order chi connectivity index (χ0) is 27.7. The van der Waals surface area contributed by atoms with E-state index in [4.69, 9.17) is 15.0 Å². The number of para-hydroxylation sites is 4. The van der Waals surface area contributed by atoms with Gasteiger partial charge in [-0.15, -0.1) is 0 Å². The lowest BCUT2D eigenvalue weighted by Gasteiger charge is -2.16. The van der Waals surface area contributed by atoms with Gasteiger partial charge in [0.25, 0.3) is 0 Å². The molecule has 41 heavy (non-hydrogen) atoms. The van der Waals surface area contributed by atoms with Crippen molar-refractivity contribution in [1.82, 2.24) is 24.1 Å². The molecule has 0 saturated carbocycles. The summed E-state index contributed by atoms with van der Waals surface area (Å²) in [6.07, 6.45) is 0. The molecule has 0 radical (unpaired) electrons. The summed E-state index contributed by atoms with van der Waals surface area (Å²) in [6.45, 7) is 6.08. The molecule has 8 rings (SSSR count). The number of benzene rings is 4. The molecule has 0 aliphatic carbocycles. The minimum atomic E-state index is 0.781. The number of hydrogen-bond acceptors (Lipinski definition) is 3. The van der Waals surface area contributed by atoms with Gasteiger partial charge in [-0.1, -0.05) is 72.8 Å². The van der Waals surface area contributed by atoms with Gasteiger partial charge in [0.1, 0.15) is 17.5 Å². The first-order valence-corrected chi connectivity index (χ1v) is 13.9. The minimum absolute atomic E-state index is 0.781. The third-order valence-corrected chi connectivity index (χ3v) is 8.09. The molecule has 0 fully saturated rings. The van der Waals surface area contributed by atoms with Crippen LogP contribution in [-0.2, 0) is 0 Å². The lowest BCUT2D eigenvalue weighted by molar-refractivity contribution is 0.976. The van der Waals surface area contributed by atoms with Crippen molar-refractivity contribution < 1.29 is 0 Å². The maximum absolute atomic E-state index is 5.41. The van der Waals surface area contributed by atoms with E-state index in [9.17, 15) is 0 Å². The Balaban J connectivity index is 1.53. The number of nitrogens with zero attached hydrogens (tertiary/aromatic N) is 5. The second kappa shape index (κ2) is 8.86. The Morgan fingerprint density at radius 2 is 0.780 bits per heavy atom. The molecule has 0 saturated heterocycles. The van der Waals surface area contributed by atoms with E-state index < -0.39 is 0 Å². The highest BCUT2D eigenvalue weighted by atomic mass is 15.1. The Bertz CT molecular complexity index is 2040. The van der Waals surface area contributed by atoms with Gasteiger partial charge in [0, 0.05) is 38.5 Å². The van der Waals surface area contributed by atoms with Crippen LogP contribution < -0.4 is 0 Å². The van der Waals surface area contributed by atoms with E-state index in [0.717, 1.165) is 62.0 Å². The van der Waals surface area contributed by atoms with Gasteiger partial charge < -0.3 is 0 Å². The predicted octanol–water partition coefficient (Wildman–Crippen LogP) is 8.66. The Kier molecular flexibility index (Phi) is 5.10. The van der Waals surface area contributed by atoms with E-state index in [2.05, 4.69) is 132 Å². The third-order valence-electron chi connectivity index (χ3n) is 8.09. The predicted molar refractivity (Wildman–Crippen MR) is 168 cm³/mol. The first kappa shape index (κ1) is 23.6. The van der Waals surface area contributed by atoms with Crippen LogP contribution in [-0.4, -0.2) is 24.1 Å². The summed E-state index contributed by atoms with van der Waals surface area (Å²) in [6, 6.07) is 38.6.